The van der Waals surface area contributed by atoms with E-state index in [1.165, 1.54) is 11.3 Å². The highest BCUT2D eigenvalue weighted by molar-refractivity contribution is 7.16. The summed E-state index contributed by atoms with van der Waals surface area (Å²) in [5, 5.41) is 2.94. The van der Waals surface area contributed by atoms with Crippen molar-refractivity contribution in [2.24, 2.45) is 0 Å². The van der Waals surface area contributed by atoms with E-state index in [0.717, 1.165) is 10.2 Å². The first kappa shape index (κ1) is 10.2. The molecule has 0 bridgehead atoms. The summed E-state index contributed by atoms with van der Waals surface area (Å²) in [5.41, 5.74) is 2.64. The Kier molecular flexibility index (Phi) is 3.02. The zero-order valence-electron chi connectivity index (χ0n) is 7.53. The van der Waals surface area contributed by atoms with Crippen molar-refractivity contribution >= 4 is 39.0 Å². The number of anilines is 1. The van der Waals surface area contributed by atoms with Crippen LogP contribution in [0.5, 0.6) is 0 Å². The van der Waals surface area contributed by atoms with Gasteiger partial charge in [-0.1, -0.05) is 5.92 Å². The third-order valence-corrected chi connectivity index (χ3v) is 2.60. The zero-order chi connectivity index (χ0) is 10.7. The molecule has 0 aliphatic carbocycles. The van der Waals surface area contributed by atoms with Gasteiger partial charge in [0.1, 0.15) is 11.4 Å². The van der Waals surface area contributed by atoms with Crippen LogP contribution >= 0.6 is 22.9 Å². The number of fused-ring (bicyclic) bond motifs is 1. The lowest BCUT2D eigenvalue weighted by Gasteiger charge is -2.04. The highest BCUT2D eigenvalue weighted by Crippen LogP contribution is 2.26. The minimum Gasteiger partial charge on any atom is -0.262 e. The van der Waals surface area contributed by atoms with Gasteiger partial charge in [-0.15, -0.1) is 17.8 Å². The molecule has 0 atom stereocenters. The van der Waals surface area contributed by atoms with Crippen LogP contribution in [0, 0.1) is 12.3 Å². The minimum atomic E-state index is 0.160. The SMILES string of the molecule is C#CCONc1nc(Cl)nc2sccc12. The van der Waals surface area contributed by atoms with E-state index in [2.05, 4.69) is 21.4 Å². The number of rotatable bonds is 3. The molecule has 0 radical (unpaired) electrons. The molecule has 2 rings (SSSR count). The summed E-state index contributed by atoms with van der Waals surface area (Å²) in [6.07, 6.45) is 5.04. The molecule has 76 valence electrons. The topological polar surface area (TPSA) is 47.0 Å². The number of hydrogen-bond donors (Lipinski definition) is 1. The number of terminal acetylenes is 1. The minimum absolute atomic E-state index is 0.160. The first-order valence-corrected chi connectivity index (χ1v) is 5.29. The predicted octanol–water partition coefficient (Wildman–Crippen LogP) is 2.32. The summed E-state index contributed by atoms with van der Waals surface area (Å²) >= 11 is 7.23. The van der Waals surface area contributed by atoms with Crippen molar-refractivity contribution in [1.82, 2.24) is 9.97 Å². The summed E-state index contributed by atoms with van der Waals surface area (Å²) in [7, 11) is 0. The van der Waals surface area contributed by atoms with Crippen molar-refractivity contribution < 1.29 is 4.84 Å². The predicted molar refractivity (Wildman–Crippen MR) is 60.8 cm³/mol. The lowest BCUT2D eigenvalue weighted by Crippen LogP contribution is -2.03. The number of hydrogen-bond acceptors (Lipinski definition) is 5. The first-order chi connectivity index (χ1) is 7.31. The van der Waals surface area contributed by atoms with Gasteiger partial charge < -0.3 is 0 Å². The number of nitrogens with zero attached hydrogens (tertiary/aromatic N) is 2. The average molecular weight is 240 g/mol. The van der Waals surface area contributed by atoms with Crippen LogP contribution in [0.2, 0.25) is 5.28 Å². The molecule has 2 aromatic heterocycles. The third-order valence-electron chi connectivity index (χ3n) is 1.62. The summed E-state index contributed by atoms with van der Waals surface area (Å²) in [5.74, 6) is 2.87. The van der Waals surface area contributed by atoms with E-state index in [0.29, 0.717) is 5.82 Å². The maximum Gasteiger partial charge on any atom is 0.225 e. The van der Waals surface area contributed by atoms with Gasteiger partial charge in [0.25, 0.3) is 0 Å². The van der Waals surface area contributed by atoms with Crippen molar-refractivity contribution in [3.8, 4) is 12.3 Å². The second-order valence-electron chi connectivity index (χ2n) is 2.58. The summed E-state index contributed by atoms with van der Waals surface area (Å²) in [6.45, 7) is 0.160. The van der Waals surface area contributed by atoms with E-state index >= 15 is 0 Å². The second kappa shape index (κ2) is 4.45. The molecule has 0 saturated carbocycles. The fraction of sp³-hybridized carbons (Fsp3) is 0.111. The molecular formula is C9H6ClN3OS. The molecule has 0 spiro atoms. The Hall–Kier alpha value is -1.35. The van der Waals surface area contributed by atoms with Gasteiger partial charge in [0, 0.05) is 0 Å². The van der Waals surface area contributed by atoms with Crippen LogP contribution in [0.3, 0.4) is 0 Å². The van der Waals surface area contributed by atoms with Crippen molar-refractivity contribution in [3.63, 3.8) is 0 Å². The summed E-state index contributed by atoms with van der Waals surface area (Å²) < 4.78 is 0. The molecule has 0 fully saturated rings. The van der Waals surface area contributed by atoms with Crippen LogP contribution in [0.15, 0.2) is 11.4 Å². The quantitative estimate of drug-likeness (QED) is 0.387. The highest BCUT2D eigenvalue weighted by atomic mass is 35.5. The van der Waals surface area contributed by atoms with Crippen LogP contribution in [0.1, 0.15) is 0 Å². The average Bonchev–Trinajstić information content (AvgIpc) is 2.65. The number of nitrogens with one attached hydrogen (secondary N) is 1. The van der Waals surface area contributed by atoms with Gasteiger partial charge in [-0.05, 0) is 23.0 Å². The molecule has 0 aliphatic heterocycles. The monoisotopic (exact) mass is 239 g/mol. The van der Waals surface area contributed by atoms with Crippen molar-refractivity contribution in [2.75, 3.05) is 12.1 Å². The summed E-state index contributed by atoms with van der Waals surface area (Å²) in [4.78, 5) is 13.8. The Balaban J connectivity index is 2.32. The van der Waals surface area contributed by atoms with E-state index in [1.54, 1.807) is 0 Å². The van der Waals surface area contributed by atoms with Crippen LogP contribution in [0.25, 0.3) is 10.2 Å². The summed E-state index contributed by atoms with van der Waals surface area (Å²) in [6, 6.07) is 1.89. The molecule has 0 aromatic carbocycles. The first-order valence-electron chi connectivity index (χ1n) is 4.03. The van der Waals surface area contributed by atoms with Gasteiger partial charge in [0.05, 0.1) is 5.39 Å². The van der Waals surface area contributed by atoms with E-state index in [9.17, 15) is 0 Å². The molecule has 0 unspecified atom stereocenters. The molecule has 0 saturated heterocycles. The van der Waals surface area contributed by atoms with Gasteiger partial charge in [-0.25, -0.2) is 10.5 Å². The molecule has 15 heavy (non-hydrogen) atoms. The third kappa shape index (κ3) is 2.18. The Morgan fingerprint density at radius 2 is 2.47 bits per heavy atom. The maximum atomic E-state index is 5.74. The molecular weight excluding hydrogens is 234 g/mol. The Labute approximate surface area is 95.2 Å². The van der Waals surface area contributed by atoms with Gasteiger partial charge in [0.2, 0.25) is 5.28 Å². The van der Waals surface area contributed by atoms with Crippen LogP contribution < -0.4 is 5.48 Å². The van der Waals surface area contributed by atoms with Crippen LogP contribution in [-0.2, 0) is 4.84 Å². The molecule has 6 heteroatoms. The standard InChI is InChI=1S/C9H6ClN3OS/c1-2-4-14-13-7-6-3-5-15-8(6)12-9(10)11-7/h1,3,5H,4H2,(H,11,12,13). The fourth-order valence-corrected chi connectivity index (χ4v) is 2.04. The maximum absolute atomic E-state index is 5.74. The lowest BCUT2D eigenvalue weighted by atomic mass is 10.4. The molecule has 2 aromatic rings. The van der Waals surface area contributed by atoms with Gasteiger partial charge in [-0.2, -0.15) is 4.98 Å². The Morgan fingerprint density at radius 1 is 1.60 bits per heavy atom. The molecule has 0 amide bonds. The van der Waals surface area contributed by atoms with Crippen molar-refractivity contribution in [1.29, 1.82) is 0 Å². The van der Waals surface area contributed by atoms with Gasteiger partial charge in [0.15, 0.2) is 5.82 Å². The Bertz CT molecular complexity index is 520. The zero-order valence-corrected chi connectivity index (χ0v) is 9.10. The second-order valence-corrected chi connectivity index (χ2v) is 3.81. The van der Waals surface area contributed by atoms with Crippen LogP contribution in [0.4, 0.5) is 5.82 Å². The van der Waals surface area contributed by atoms with E-state index < -0.39 is 0 Å². The van der Waals surface area contributed by atoms with E-state index in [1.807, 2.05) is 11.4 Å². The van der Waals surface area contributed by atoms with Gasteiger partial charge >= 0.3 is 0 Å². The number of thiophene rings is 1. The molecule has 1 N–H and O–H groups in total. The number of halogens is 1. The smallest absolute Gasteiger partial charge is 0.225 e. The van der Waals surface area contributed by atoms with Crippen LogP contribution in [-0.4, -0.2) is 16.6 Å². The Morgan fingerprint density at radius 3 is 3.27 bits per heavy atom. The molecule has 2 heterocycles. The lowest BCUT2D eigenvalue weighted by molar-refractivity contribution is 0.233. The highest BCUT2D eigenvalue weighted by Gasteiger charge is 2.07. The number of aromatic nitrogens is 2. The van der Waals surface area contributed by atoms with E-state index in [-0.39, 0.29) is 11.9 Å². The van der Waals surface area contributed by atoms with Crippen molar-refractivity contribution in [2.45, 2.75) is 0 Å². The molecule has 0 aliphatic rings. The van der Waals surface area contributed by atoms with Crippen molar-refractivity contribution in [3.05, 3.63) is 16.7 Å². The van der Waals surface area contributed by atoms with Gasteiger partial charge in [-0.3, -0.25) is 4.84 Å². The fourth-order valence-electron chi connectivity index (χ4n) is 1.05. The largest absolute Gasteiger partial charge is 0.262 e. The van der Waals surface area contributed by atoms with E-state index in [4.69, 9.17) is 22.9 Å². The normalized spacial score (nSPS) is 10.1. The molecule has 4 nitrogen and oxygen atoms in total.